The number of halogens is 3. The van der Waals surface area contributed by atoms with E-state index in [-0.39, 0.29) is 11.8 Å². The van der Waals surface area contributed by atoms with E-state index in [1.54, 1.807) is 14.0 Å². The zero-order valence-corrected chi connectivity index (χ0v) is 11.1. The van der Waals surface area contributed by atoms with Crippen LogP contribution in [0.15, 0.2) is 6.20 Å². The Morgan fingerprint density at radius 1 is 1.40 bits per heavy atom. The number of rotatable bonds is 4. The quantitative estimate of drug-likeness (QED) is 0.900. The maximum Gasteiger partial charge on any atom is 0.391 e. The van der Waals surface area contributed by atoms with Gasteiger partial charge in [0.25, 0.3) is 0 Å². The maximum atomic E-state index is 12.4. The van der Waals surface area contributed by atoms with Crippen molar-refractivity contribution < 1.29 is 13.2 Å². The molecule has 2 aromatic heterocycles. The lowest BCUT2D eigenvalue weighted by Gasteiger charge is -2.18. The zero-order chi connectivity index (χ0) is 14.9. The first-order valence-electron chi connectivity index (χ1n) is 6.08. The summed E-state index contributed by atoms with van der Waals surface area (Å²) in [6.45, 7) is 1.66. The molecule has 1 atom stereocenters. The Morgan fingerprint density at radius 2 is 2.10 bits per heavy atom. The summed E-state index contributed by atoms with van der Waals surface area (Å²) in [6.07, 6.45) is -3.38. The number of nitrogens with one attached hydrogen (secondary N) is 1. The van der Waals surface area contributed by atoms with Crippen LogP contribution in [0.2, 0.25) is 0 Å². The molecule has 110 valence electrons. The van der Waals surface area contributed by atoms with Gasteiger partial charge in [-0.1, -0.05) is 6.92 Å². The summed E-state index contributed by atoms with van der Waals surface area (Å²) in [5.41, 5.74) is 6.22. The molecule has 0 spiro atoms. The first-order chi connectivity index (χ1) is 9.30. The minimum atomic E-state index is -4.24. The third-order valence-electron chi connectivity index (χ3n) is 2.93. The maximum absolute atomic E-state index is 12.4. The Kier molecular flexibility index (Phi) is 3.69. The summed E-state index contributed by atoms with van der Waals surface area (Å²) in [6, 6.07) is -0.792. The molecule has 2 heterocycles. The monoisotopic (exact) mass is 288 g/mol. The van der Waals surface area contributed by atoms with Crippen molar-refractivity contribution in [2.45, 2.75) is 32.0 Å². The predicted octanol–water partition coefficient (Wildman–Crippen LogP) is 2.09. The van der Waals surface area contributed by atoms with Crippen LogP contribution in [0.5, 0.6) is 0 Å². The second kappa shape index (κ2) is 5.14. The average molecular weight is 288 g/mol. The van der Waals surface area contributed by atoms with Crippen LogP contribution in [0.3, 0.4) is 0 Å². The van der Waals surface area contributed by atoms with Gasteiger partial charge in [0.2, 0.25) is 5.95 Å². The van der Waals surface area contributed by atoms with Crippen molar-refractivity contribution in [3.05, 3.63) is 6.20 Å². The largest absolute Gasteiger partial charge is 0.391 e. The number of nitrogen functional groups attached to an aromatic ring is 1. The number of alkyl halides is 3. The van der Waals surface area contributed by atoms with E-state index in [1.165, 1.54) is 10.9 Å². The highest BCUT2D eigenvalue weighted by Gasteiger charge is 2.31. The highest BCUT2D eigenvalue weighted by Crippen LogP contribution is 2.25. The van der Waals surface area contributed by atoms with Gasteiger partial charge in [0.15, 0.2) is 5.65 Å². The lowest BCUT2D eigenvalue weighted by atomic mass is 10.1. The summed E-state index contributed by atoms with van der Waals surface area (Å²) in [4.78, 5) is 8.11. The molecule has 0 radical (unpaired) electrons. The zero-order valence-electron chi connectivity index (χ0n) is 11.1. The molecule has 2 rings (SSSR count). The second-order valence-electron chi connectivity index (χ2n) is 4.51. The van der Waals surface area contributed by atoms with Crippen LogP contribution in [0.4, 0.5) is 24.9 Å². The first kappa shape index (κ1) is 14.4. The lowest BCUT2D eigenvalue weighted by molar-refractivity contribution is -0.137. The van der Waals surface area contributed by atoms with Crippen molar-refractivity contribution in [3.8, 4) is 0 Å². The highest BCUT2D eigenvalue weighted by molar-refractivity contribution is 5.86. The molecule has 9 heteroatoms. The average Bonchev–Trinajstić information content (AvgIpc) is 2.69. The molecular formula is C11H15F3N6. The summed E-state index contributed by atoms with van der Waals surface area (Å²) < 4.78 is 38.8. The van der Waals surface area contributed by atoms with Crippen LogP contribution >= 0.6 is 0 Å². The van der Waals surface area contributed by atoms with E-state index in [9.17, 15) is 13.2 Å². The third-order valence-corrected chi connectivity index (χ3v) is 2.93. The number of anilines is 2. The normalized spacial score (nSPS) is 13.7. The van der Waals surface area contributed by atoms with E-state index >= 15 is 0 Å². The number of nitrogens with two attached hydrogens (primary N) is 1. The predicted molar refractivity (Wildman–Crippen MR) is 69.1 cm³/mol. The van der Waals surface area contributed by atoms with Gasteiger partial charge in [0, 0.05) is 13.1 Å². The van der Waals surface area contributed by atoms with Crippen LogP contribution < -0.4 is 11.1 Å². The van der Waals surface area contributed by atoms with E-state index in [0.29, 0.717) is 17.5 Å². The molecule has 0 amide bonds. The Balaban J connectivity index is 2.26. The molecule has 2 aromatic rings. The molecule has 0 aliphatic rings. The molecule has 0 aliphatic carbocycles. The van der Waals surface area contributed by atoms with Gasteiger partial charge in [0.05, 0.1) is 18.0 Å². The van der Waals surface area contributed by atoms with E-state index in [4.69, 9.17) is 5.73 Å². The molecular weight excluding hydrogens is 273 g/mol. The van der Waals surface area contributed by atoms with Crippen LogP contribution in [0.1, 0.15) is 19.8 Å². The Hall–Kier alpha value is -2.06. The lowest BCUT2D eigenvalue weighted by Crippen LogP contribution is -2.27. The van der Waals surface area contributed by atoms with Crippen LogP contribution in [-0.2, 0) is 7.05 Å². The van der Waals surface area contributed by atoms with Gasteiger partial charge < -0.3 is 11.1 Å². The van der Waals surface area contributed by atoms with E-state index < -0.39 is 18.6 Å². The van der Waals surface area contributed by atoms with Gasteiger partial charge in [-0.15, -0.1) is 0 Å². The number of fused-ring (bicyclic) bond motifs is 1. The van der Waals surface area contributed by atoms with Crippen LogP contribution in [-0.4, -0.2) is 32.0 Å². The standard InChI is InChI=1S/C11H15F3N6/c1-3-6(4-11(12,13)14)17-10-18-8(15)7-5-16-20(2)9(7)19-10/h5-6H,3-4H2,1-2H3,(H3,15,17,18,19). The third kappa shape index (κ3) is 3.09. The van der Waals surface area contributed by atoms with Crippen molar-refractivity contribution in [2.75, 3.05) is 11.1 Å². The fraction of sp³-hybridized carbons (Fsp3) is 0.545. The van der Waals surface area contributed by atoms with Crippen LogP contribution in [0.25, 0.3) is 11.0 Å². The van der Waals surface area contributed by atoms with Gasteiger partial charge in [-0.25, -0.2) is 0 Å². The molecule has 0 saturated carbocycles. The second-order valence-corrected chi connectivity index (χ2v) is 4.51. The van der Waals surface area contributed by atoms with Crippen molar-refractivity contribution in [2.24, 2.45) is 7.05 Å². The molecule has 6 nitrogen and oxygen atoms in total. The summed E-state index contributed by atoms with van der Waals surface area (Å²) in [7, 11) is 1.67. The smallest absolute Gasteiger partial charge is 0.383 e. The number of aryl methyl sites for hydroxylation is 1. The van der Waals surface area contributed by atoms with Gasteiger partial charge in [-0.05, 0) is 6.42 Å². The minimum Gasteiger partial charge on any atom is -0.383 e. The SMILES string of the molecule is CCC(CC(F)(F)F)Nc1nc(N)c2cnn(C)c2n1. The topological polar surface area (TPSA) is 81.6 Å². The van der Waals surface area contributed by atoms with Gasteiger partial charge >= 0.3 is 6.18 Å². The van der Waals surface area contributed by atoms with Crippen molar-refractivity contribution in [1.29, 1.82) is 0 Å². The van der Waals surface area contributed by atoms with Gasteiger partial charge in [-0.2, -0.15) is 28.2 Å². The fourth-order valence-electron chi connectivity index (χ4n) is 1.87. The summed E-state index contributed by atoms with van der Waals surface area (Å²) in [5, 5.41) is 7.23. The van der Waals surface area contributed by atoms with Gasteiger partial charge in [0.1, 0.15) is 5.82 Å². The molecule has 0 saturated heterocycles. The first-order valence-corrected chi connectivity index (χ1v) is 6.08. The Bertz CT molecular complexity index is 606. The molecule has 0 bridgehead atoms. The van der Waals surface area contributed by atoms with Crippen molar-refractivity contribution in [1.82, 2.24) is 19.7 Å². The number of aromatic nitrogens is 4. The fourth-order valence-corrected chi connectivity index (χ4v) is 1.87. The number of nitrogens with zero attached hydrogens (tertiary/aromatic N) is 4. The molecule has 3 N–H and O–H groups in total. The summed E-state index contributed by atoms with van der Waals surface area (Å²) >= 11 is 0. The molecule has 0 aromatic carbocycles. The molecule has 0 aliphatic heterocycles. The summed E-state index contributed by atoms with van der Waals surface area (Å²) in [5.74, 6) is 0.266. The Labute approximate surface area is 113 Å². The minimum absolute atomic E-state index is 0.0784. The van der Waals surface area contributed by atoms with E-state index in [2.05, 4.69) is 20.4 Å². The van der Waals surface area contributed by atoms with E-state index in [0.717, 1.165) is 0 Å². The number of hydrogen-bond acceptors (Lipinski definition) is 5. The number of hydrogen-bond donors (Lipinski definition) is 2. The molecule has 1 unspecified atom stereocenters. The van der Waals surface area contributed by atoms with Crippen LogP contribution in [0, 0.1) is 0 Å². The Morgan fingerprint density at radius 3 is 2.70 bits per heavy atom. The highest BCUT2D eigenvalue weighted by atomic mass is 19.4. The molecule has 0 fully saturated rings. The van der Waals surface area contributed by atoms with Gasteiger partial charge in [-0.3, -0.25) is 4.68 Å². The van der Waals surface area contributed by atoms with E-state index in [1.807, 2.05) is 0 Å². The van der Waals surface area contributed by atoms with Crippen molar-refractivity contribution in [3.63, 3.8) is 0 Å². The van der Waals surface area contributed by atoms with Crippen molar-refractivity contribution >= 4 is 22.8 Å². The molecule has 20 heavy (non-hydrogen) atoms.